The van der Waals surface area contributed by atoms with Gasteiger partial charge in [-0.05, 0) is 51.0 Å². The van der Waals surface area contributed by atoms with Crippen LogP contribution in [0.3, 0.4) is 0 Å². The number of methoxy groups -OCH3 is 1. The van der Waals surface area contributed by atoms with Crippen LogP contribution in [0.4, 0.5) is 0 Å². The molecule has 3 fully saturated rings. The number of hydrogen-bond donors (Lipinski definition) is 1. The molecule has 0 amide bonds. The molecule has 0 radical (unpaired) electrons. The van der Waals surface area contributed by atoms with Gasteiger partial charge in [0.2, 0.25) is 10.0 Å². The van der Waals surface area contributed by atoms with Crippen molar-refractivity contribution in [3.8, 4) is 0 Å². The zero-order valence-electron chi connectivity index (χ0n) is 15.0. The molecular weight excluding hydrogens is 364 g/mol. The van der Waals surface area contributed by atoms with E-state index in [4.69, 9.17) is 4.74 Å². The van der Waals surface area contributed by atoms with Crippen LogP contribution in [0.15, 0.2) is 0 Å². The molecule has 6 nitrogen and oxygen atoms in total. The van der Waals surface area contributed by atoms with Crippen LogP contribution in [-0.4, -0.2) is 56.7 Å². The molecule has 1 heterocycles. The first-order valence-electron chi connectivity index (χ1n) is 9.32. The standard InChI is InChI=1S/C17H30N2O4S.ClH/c1-23-17(20)15-4-2-3-5-16(15)24(21,22)19-10-8-14(9-11-19)18-12-13-6-7-13;/h13-16,18H,2-12H2,1H3;1H. The van der Waals surface area contributed by atoms with Gasteiger partial charge < -0.3 is 10.1 Å². The van der Waals surface area contributed by atoms with Gasteiger partial charge in [-0.1, -0.05) is 12.8 Å². The number of sulfonamides is 1. The predicted octanol–water partition coefficient (Wildman–Crippen LogP) is 1.93. The topological polar surface area (TPSA) is 75.7 Å². The Bertz CT molecular complexity index is 545. The summed E-state index contributed by atoms with van der Waals surface area (Å²) in [4.78, 5) is 12.0. The van der Waals surface area contributed by atoms with Gasteiger partial charge in [-0.25, -0.2) is 12.7 Å². The number of carbonyl (C=O) groups is 1. The molecule has 0 aromatic carbocycles. The highest BCUT2D eigenvalue weighted by Crippen LogP contribution is 2.33. The maximum atomic E-state index is 13.1. The highest BCUT2D eigenvalue weighted by Gasteiger charge is 2.43. The number of hydrogen-bond acceptors (Lipinski definition) is 5. The molecule has 2 saturated carbocycles. The van der Waals surface area contributed by atoms with Crippen molar-refractivity contribution in [2.45, 2.75) is 62.7 Å². The van der Waals surface area contributed by atoms with Crippen LogP contribution in [0.2, 0.25) is 0 Å². The second-order valence-corrected chi connectivity index (χ2v) is 9.67. The van der Waals surface area contributed by atoms with Crippen molar-refractivity contribution in [2.75, 3.05) is 26.7 Å². The molecule has 3 rings (SSSR count). The van der Waals surface area contributed by atoms with Gasteiger partial charge in [-0.15, -0.1) is 12.4 Å². The van der Waals surface area contributed by atoms with E-state index in [0.717, 1.165) is 38.1 Å². The van der Waals surface area contributed by atoms with Gasteiger partial charge in [0.05, 0.1) is 18.3 Å². The Labute approximate surface area is 157 Å². The fourth-order valence-electron chi connectivity index (χ4n) is 4.04. The number of nitrogens with one attached hydrogen (secondary N) is 1. The SMILES string of the molecule is COC(=O)C1CCCCC1S(=O)(=O)N1CCC(NCC2CC2)CC1.Cl. The molecule has 1 N–H and O–H groups in total. The number of rotatable bonds is 6. The molecule has 0 aromatic rings. The van der Waals surface area contributed by atoms with E-state index < -0.39 is 21.2 Å². The monoisotopic (exact) mass is 394 g/mol. The highest BCUT2D eigenvalue weighted by molar-refractivity contribution is 7.89. The normalized spacial score (nSPS) is 29.0. The Morgan fingerprint density at radius 2 is 1.72 bits per heavy atom. The van der Waals surface area contributed by atoms with E-state index in [0.29, 0.717) is 32.0 Å². The number of ether oxygens (including phenoxy) is 1. The van der Waals surface area contributed by atoms with Crippen LogP contribution >= 0.6 is 12.4 Å². The van der Waals surface area contributed by atoms with Gasteiger partial charge in [0.25, 0.3) is 0 Å². The summed E-state index contributed by atoms with van der Waals surface area (Å²) in [6, 6.07) is 0.430. The predicted molar refractivity (Wildman–Crippen MR) is 99.3 cm³/mol. The van der Waals surface area contributed by atoms with Crippen molar-refractivity contribution < 1.29 is 17.9 Å². The van der Waals surface area contributed by atoms with Crippen LogP contribution in [0.25, 0.3) is 0 Å². The van der Waals surface area contributed by atoms with Gasteiger partial charge in [-0.2, -0.15) is 0 Å². The molecule has 8 heteroatoms. The van der Waals surface area contributed by atoms with Crippen LogP contribution < -0.4 is 5.32 Å². The molecular formula is C17H31ClN2O4S. The first-order valence-corrected chi connectivity index (χ1v) is 10.8. The van der Waals surface area contributed by atoms with Crippen LogP contribution in [-0.2, 0) is 19.6 Å². The lowest BCUT2D eigenvalue weighted by atomic mass is 9.89. The Morgan fingerprint density at radius 3 is 2.32 bits per heavy atom. The van der Waals surface area contributed by atoms with Gasteiger partial charge >= 0.3 is 5.97 Å². The van der Waals surface area contributed by atoms with Gasteiger partial charge in [0, 0.05) is 19.1 Å². The third-order valence-corrected chi connectivity index (χ3v) is 8.21. The van der Waals surface area contributed by atoms with Crippen molar-refractivity contribution >= 4 is 28.4 Å². The summed E-state index contributed by atoms with van der Waals surface area (Å²) in [5.41, 5.74) is 0. The number of nitrogens with zero attached hydrogens (tertiary/aromatic N) is 1. The lowest BCUT2D eigenvalue weighted by molar-refractivity contribution is -0.146. The average molecular weight is 395 g/mol. The lowest BCUT2D eigenvalue weighted by Crippen LogP contribution is -2.51. The number of halogens is 1. The van der Waals surface area contributed by atoms with Crippen molar-refractivity contribution in [3.63, 3.8) is 0 Å². The van der Waals surface area contributed by atoms with E-state index >= 15 is 0 Å². The molecule has 2 unspecified atom stereocenters. The summed E-state index contributed by atoms with van der Waals surface area (Å²) in [5, 5.41) is 2.97. The second-order valence-electron chi connectivity index (χ2n) is 7.52. The second kappa shape index (κ2) is 9.02. The maximum absolute atomic E-state index is 13.1. The first-order chi connectivity index (χ1) is 11.5. The minimum Gasteiger partial charge on any atom is -0.469 e. The number of esters is 1. The molecule has 2 atom stereocenters. The molecule has 0 spiro atoms. The van der Waals surface area contributed by atoms with Crippen LogP contribution in [0.5, 0.6) is 0 Å². The third kappa shape index (κ3) is 5.08. The Morgan fingerprint density at radius 1 is 1.08 bits per heavy atom. The van der Waals surface area contributed by atoms with E-state index in [1.54, 1.807) is 4.31 Å². The fraction of sp³-hybridized carbons (Fsp3) is 0.941. The summed E-state index contributed by atoms with van der Waals surface area (Å²) in [6.07, 6.45) is 7.35. The van der Waals surface area contributed by atoms with Crippen molar-refractivity contribution in [1.29, 1.82) is 0 Å². The average Bonchev–Trinajstić information content (AvgIpc) is 3.44. The quantitative estimate of drug-likeness (QED) is 0.696. The molecule has 1 saturated heterocycles. The van der Waals surface area contributed by atoms with Crippen molar-refractivity contribution in [3.05, 3.63) is 0 Å². The minimum absolute atomic E-state index is 0. The molecule has 3 aliphatic rings. The maximum Gasteiger partial charge on any atom is 0.310 e. The smallest absolute Gasteiger partial charge is 0.310 e. The van der Waals surface area contributed by atoms with E-state index in [-0.39, 0.29) is 18.4 Å². The number of piperidine rings is 1. The number of carbonyl (C=O) groups excluding carboxylic acids is 1. The van der Waals surface area contributed by atoms with E-state index in [9.17, 15) is 13.2 Å². The zero-order chi connectivity index (χ0) is 17.2. The Kier molecular flexibility index (Phi) is 7.55. The van der Waals surface area contributed by atoms with Gasteiger partial charge in [-0.3, -0.25) is 4.79 Å². The van der Waals surface area contributed by atoms with Crippen LogP contribution in [0, 0.1) is 11.8 Å². The zero-order valence-corrected chi connectivity index (χ0v) is 16.6. The van der Waals surface area contributed by atoms with Gasteiger partial charge in [0.1, 0.15) is 0 Å². The Balaban J connectivity index is 0.00000225. The molecule has 0 bridgehead atoms. The molecule has 146 valence electrons. The fourth-order valence-corrected chi connectivity index (χ4v) is 6.27. The van der Waals surface area contributed by atoms with Crippen LogP contribution in [0.1, 0.15) is 51.4 Å². The first kappa shape index (κ1) is 20.9. The third-order valence-electron chi connectivity index (χ3n) is 5.80. The molecule has 25 heavy (non-hydrogen) atoms. The summed E-state index contributed by atoms with van der Waals surface area (Å²) < 4.78 is 32.6. The molecule has 1 aliphatic heterocycles. The summed E-state index contributed by atoms with van der Waals surface area (Å²) in [5.74, 6) is -0.0291. The van der Waals surface area contributed by atoms with E-state index in [1.165, 1.54) is 20.0 Å². The van der Waals surface area contributed by atoms with Gasteiger partial charge in [0.15, 0.2) is 0 Å². The van der Waals surface area contributed by atoms with E-state index in [2.05, 4.69) is 5.32 Å². The molecule has 2 aliphatic carbocycles. The highest BCUT2D eigenvalue weighted by atomic mass is 35.5. The largest absolute Gasteiger partial charge is 0.469 e. The Hall–Kier alpha value is -0.370. The summed E-state index contributed by atoms with van der Waals surface area (Å²) in [6.45, 7) is 2.20. The van der Waals surface area contributed by atoms with Crippen molar-refractivity contribution in [1.82, 2.24) is 9.62 Å². The summed E-state index contributed by atoms with van der Waals surface area (Å²) >= 11 is 0. The molecule has 0 aromatic heterocycles. The lowest BCUT2D eigenvalue weighted by Gasteiger charge is -2.37. The van der Waals surface area contributed by atoms with Crippen molar-refractivity contribution in [2.24, 2.45) is 11.8 Å². The van der Waals surface area contributed by atoms with E-state index in [1.807, 2.05) is 0 Å². The summed E-state index contributed by atoms with van der Waals surface area (Å²) in [7, 11) is -2.08. The minimum atomic E-state index is -3.43.